The number of amides is 2. The molecule has 1 heterocycles. The Labute approximate surface area is 128 Å². The van der Waals surface area contributed by atoms with Crippen LogP contribution in [0.15, 0.2) is 0 Å². The van der Waals surface area contributed by atoms with E-state index in [0.29, 0.717) is 11.8 Å². The first-order valence-corrected chi connectivity index (χ1v) is 8.58. The van der Waals surface area contributed by atoms with E-state index in [1.807, 2.05) is 0 Å². The summed E-state index contributed by atoms with van der Waals surface area (Å²) < 4.78 is 0. The minimum atomic E-state index is -0.0172. The number of carbonyl (C=O) groups excluding carboxylic acids is 1. The van der Waals surface area contributed by atoms with Crippen molar-refractivity contribution in [3.05, 3.63) is 0 Å². The van der Waals surface area contributed by atoms with Crippen molar-refractivity contribution in [2.75, 3.05) is 32.8 Å². The first kappa shape index (κ1) is 16.6. The van der Waals surface area contributed by atoms with Crippen molar-refractivity contribution in [1.82, 2.24) is 15.5 Å². The Balaban J connectivity index is 1.58. The van der Waals surface area contributed by atoms with Gasteiger partial charge in [0.05, 0.1) is 0 Å². The second-order valence-corrected chi connectivity index (χ2v) is 6.71. The molecule has 0 aromatic rings. The van der Waals surface area contributed by atoms with Gasteiger partial charge in [0.15, 0.2) is 0 Å². The van der Waals surface area contributed by atoms with Gasteiger partial charge in [0, 0.05) is 25.7 Å². The molecule has 5 nitrogen and oxygen atoms in total. The number of urea groups is 1. The molecule has 21 heavy (non-hydrogen) atoms. The summed E-state index contributed by atoms with van der Waals surface area (Å²) in [5.74, 6) is 1.04. The number of aliphatic hydroxyl groups excluding tert-OH is 1. The number of likely N-dealkylation sites (tertiary alicyclic amines) is 1. The molecule has 1 saturated carbocycles. The van der Waals surface area contributed by atoms with Crippen LogP contribution in [0.4, 0.5) is 4.79 Å². The predicted octanol–water partition coefficient (Wildman–Crippen LogP) is 1.57. The average Bonchev–Trinajstić information content (AvgIpc) is 2.94. The van der Waals surface area contributed by atoms with E-state index < -0.39 is 0 Å². The first-order chi connectivity index (χ1) is 10.2. The summed E-state index contributed by atoms with van der Waals surface area (Å²) in [7, 11) is 0. The second kappa shape index (κ2) is 8.59. The van der Waals surface area contributed by atoms with Gasteiger partial charge in [-0.2, -0.15) is 0 Å². The number of carbonyl (C=O) groups is 1. The number of hydrogen-bond acceptors (Lipinski definition) is 3. The van der Waals surface area contributed by atoms with Gasteiger partial charge in [-0.25, -0.2) is 4.79 Å². The highest BCUT2D eigenvalue weighted by Crippen LogP contribution is 2.23. The predicted molar refractivity (Wildman–Crippen MR) is 84.2 cm³/mol. The molecule has 2 rings (SSSR count). The van der Waals surface area contributed by atoms with Crippen LogP contribution in [0.25, 0.3) is 0 Å². The highest BCUT2D eigenvalue weighted by Gasteiger charge is 2.24. The Bertz CT molecular complexity index is 317. The van der Waals surface area contributed by atoms with Crippen LogP contribution in [0.3, 0.4) is 0 Å². The third-order valence-electron chi connectivity index (χ3n) is 4.90. The third kappa shape index (κ3) is 5.47. The minimum Gasteiger partial charge on any atom is -0.396 e. The van der Waals surface area contributed by atoms with E-state index >= 15 is 0 Å². The van der Waals surface area contributed by atoms with E-state index in [-0.39, 0.29) is 18.7 Å². The Morgan fingerprint density at radius 1 is 1.19 bits per heavy atom. The lowest BCUT2D eigenvalue weighted by atomic mass is 9.87. The normalized spacial score (nSPS) is 30.3. The number of nitrogens with zero attached hydrogens (tertiary/aromatic N) is 1. The van der Waals surface area contributed by atoms with E-state index in [1.165, 1.54) is 25.9 Å². The summed E-state index contributed by atoms with van der Waals surface area (Å²) in [6.07, 6.45) is 6.43. The monoisotopic (exact) mass is 297 g/mol. The number of hydrogen-bond donors (Lipinski definition) is 3. The van der Waals surface area contributed by atoms with Crippen molar-refractivity contribution in [3.8, 4) is 0 Å². The summed E-state index contributed by atoms with van der Waals surface area (Å²) in [5.41, 5.74) is 0. The number of nitrogens with one attached hydrogen (secondary N) is 2. The first-order valence-electron chi connectivity index (χ1n) is 8.58. The Morgan fingerprint density at radius 2 is 1.95 bits per heavy atom. The highest BCUT2D eigenvalue weighted by molar-refractivity contribution is 5.74. The van der Waals surface area contributed by atoms with Crippen molar-refractivity contribution >= 4 is 6.03 Å². The SMILES string of the molecule is CCCN1CCC(CNC(=O)NC2CCC(CO)CC2)C1. The average molecular weight is 297 g/mol. The van der Waals surface area contributed by atoms with E-state index in [9.17, 15) is 4.79 Å². The van der Waals surface area contributed by atoms with Crippen molar-refractivity contribution in [2.24, 2.45) is 11.8 Å². The van der Waals surface area contributed by atoms with Gasteiger partial charge < -0.3 is 20.6 Å². The Morgan fingerprint density at radius 3 is 2.62 bits per heavy atom. The van der Waals surface area contributed by atoms with Gasteiger partial charge in [-0.15, -0.1) is 0 Å². The molecule has 0 bridgehead atoms. The lowest BCUT2D eigenvalue weighted by Crippen LogP contribution is -2.45. The zero-order chi connectivity index (χ0) is 15.1. The molecule has 0 aromatic carbocycles. The van der Waals surface area contributed by atoms with Gasteiger partial charge in [-0.1, -0.05) is 6.92 Å². The zero-order valence-corrected chi connectivity index (χ0v) is 13.3. The van der Waals surface area contributed by atoms with Crippen LogP contribution in [0.5, 0.6) is 0 Å². The topological polar surface area (TPSA) is 64.6 Å². The summed E-state index contributed by atoms with van der Waals surface area (Å²) in [5, 5.41) is 15.2. The lowest BCUT2D eigenvalue weighted by molar-refractivity contribution is 0.174. The van der Waals surface area contributed by atoms with Gasteiger partial charge in [-0.05, 0) is 63.5 Å². The van der Waals surface area contributed by atoms with Crippen molar-refractivity contribution in [2.45, 2.75) is 51.5 Å². The van der Waals surface area contributed by atoms with Crippen molar-refractivity contribution < 1.29 is 9.90 Å². The third-order valence-corrected chi connectivity index (χ3v) is 4.90. The van der Waals surface area contributed by atoms with Crippen molar-refractivity contribution in [1.29, 1.82) is 0 Å². The Kier molecular flexibility index (Phi) is 6.77. The molecular formula is C16H31N3O2. The molecule has 2 aliphatic rings. The van der Waals surface area contributed by atoms with E-state index in [0.717, 1.165) is 38.8 Å². The molecule has 1 atom stereocenters. The van der Waals surface area contributed by atoms with Crippen LogP contribution in [0.1, 0.15) is 45.4 Å². The smallest absolute Gasteiger partial charge is 0.315 e. The molecular weight excluding hydrogens is 266 g/mol. The molecule has 0 aromatic heterocycles. The van der Waals surface area contributed by atoms with E-state index in [2.05, 4.69) is 22.5 Å². The van der Waals surface area contributed by atoms with Crippen LogP contribution in [0.2, 0.25) is 0 Å². The van der Waals surface area contributed by atoms with Gasteiger partial charge in [-0.3, -0.25) is 0 Å². The van der Waals surface area contributed by atoms with Gasteiger partial charge in [0.1, 0.15) is 0 Å². The molecule has 2 fully saturated rings. The van der Waals surface area contributed by atoms with Crippen LogP contribution in [-0.2, 0) is 0 Å². The maximum atomic E-state index is 11.9. The largest absolute Gasteiger partial charge is 0.396 e. The van der Waals surface area contributed by atoms with E-state index in [1.54, 1.807) is 0 Å². The molecule has 1 aliphatic heterocycles. The summed E-state index contributed by atoms with van der Waals surface area (Å²) in [6.45, 7) is 6.76. The highest BCUT2D eigenvalue weighted by atomic mass is 16.3. The standard InChI is InChI=1S/C16H31N3O2/c1-2-8-19-9-7-14(11-19)10-17-16(21)18-15-5-3-13(12-20)4-6-15/h13-15,20H,2-12H2,1H3,(H2,17,18,21). The van der Waals surface area contributed by atoms with Gasteiger partial charge >= 0.3 is 6.03 Å². The Hall–Kier alpha value is -0.810. The van der Waals surface area contributed by atoms with Crippen LogP contribution in [0, 0.1) is 11.8 Å². The molecule has 1 unspecified atom stereocenters. The molecule has 3 N–H and O–H groups in total. The van der Waals surface area contributed by atoms with Crippen LogP contribution >= 0.6 is 0 Å². The summed E-state index contributed by atoms with van der Waals surface area (Å²) >= 11 is 0. The molecule has 122 valence electrons. The second-order valence-electron chi connectivity index (χ2n) is 6.71. The molecule has 0 radical (unpaired) electrons. The molecule has 1 saturated heterocycles. The molecule has 1 aliphatic carbocycles. The fourth-order valence-electron chi connectivity index (χ4n) is 3.56. The van der Waals surface area contributed by atoms with Gasteiger partial charge in [0.2, 0.25) is 0 Å². The number of rotatable bonds is 6. The van der Waals surface area contributed by atoms with Crippen LogP contribution in [-0.4, -0.2) is 54.9 Å². The molecule has 5 heteroatoms. The fraction of sp³-hybridized carbons (Fsp3) is 0.938. The minimum absolute atomic E-state index is 0.0172. The fourth-order valence-corrected chi connectivity index (χ4v) is 3.56. The molecule has 0 spiro atoms. The summed E-state index contributed by atoms with van der Waals surface area (Å²) in [4.78, 5) is 14.4. The lowest BCUT2D eigenvalue weighted by Gasteiger charge is -2.28. The molecule has 2 amide bonds. The maximum absolute atomic E-state index is 11.9. The maximum Gasteiger partial charge on any atom is 0.315 e. The number of aliphatic hydroxyl groups is 1. The van der Waals surface area contributed by atoms with E-state index in [4.69, 9.17) is 5.11 Å². The summed E-state index contributed by atoms with van der Waals surface area (Å²) in [6, 6.07) is 0.268. The quantitative estimate of drug-likeness (QED) is 0.697. The van der Waals surface area contributed by atoms with Crippen LogP contribution < -0.4 is 10.6 Å². The van der Waals surface area contributed by atoms with Crippen molar-refractivity contribution in [3.63, 3.8) is 0 Å². The van der Waals surface area contributed by atoms with Gasteiger partial charge in [0.25, 0.3) is 0 Å². The zero-order valence-electron chi connectivity index (χ0n) is 13.3.